The van der Waals surface area contributed by atoms with Crippen LogP contribution in [0, 0.1) is 5.92 Å². The van der Waals surface area contributed by atoms with E-state index < -0.39 is 0 Å². The summed E-state index contributed by atoms with van der Waals surface area (Å²) in [4.78, 5) is 0. The summed E-state index contributed by atoms with van der Waals surface area (Å²) in [7, 11) is 3.38. The van der Waals surface area contributed by atoms with Gasteiger partial charge in [0.15, 0.2) is 11.5 Å². The molecule has 112 valence electrons. The molecule has 3 heteroatoms. The molecule has 0 radical (unpaired) electrons. The summed E-state index contributed by atoms with van der Waals surface area (Å²) in [6, 6.07) is 6.99. The van der Waals surface area contributed by atoms with Gasteiger partial charge in [-0.3, -0.25) is 0 Å². The highest BCUT2D eigenvalue weighted by molar-refractivity contribution is 5.44. The molecule has 1 aliphatic carbocycles. The summed E-state index contributed by atoms with van der Waals surface area (Å²) in [6.45, 7) is 5.70. The Balaban J connectivity index is 2.12. The number of benzene rings is 1. The van der Waals surface area contributed by atoms with Gasteiger partial charge in [-0.1, -0.05) is 19.9 Å². The van der Waals surface area contributed by atoms with Gasteiger partial charge in [-0.05, 0) is 55.3 Å². The molecule has 0 spiro atoms. The minimum absolute atomic E-state index is 0.615. The van der Waals surface area contributed by atoms with Crippen LogP contribution in [0.2, 0.25) is 0 Å². The lowest BCUT2D eigenvalue weighted by atomic mass is 9.88. The first-order valence-electron chi connectivity index (χ1n) is 7.66. The Morgan fingerprint density at radius 1 is 1.15 bits per heavy atom. The lowest BCUT2D eigenvalue weighted by Crippen LogP contribution is -2.32. The maximum absolute atomic E-state index is 5.42. The summed E-state index contributed by atoms with van der Waals surface area (Å²) >= 11 is 0. The highest BCUT2D eigenvalue weighted by Crippen LogP contribution is 2.42. The molecule has 3 nitrogen and oxygen atoms in total. The molecule has 0 amide bonds. The van der Waals surface area contributed by atoms with Gasteiger partial charge in [0.05, 0.1) is 14.2 Å². The summed E-state index contributed by atoms with van der Waals surface area (Å²) in [5.41, 5.74) is 1.37. The van der Waals surface area contributed by atoms with Gasteiger partial charge in [0, 0.05) is 6.04 Å². The van der Waals surface area contributed by atoms with Crippen LogP contribution in [0.1, 0.15) is 44.6 Å². The molecular formula is C17H27NO2. The van der Waals surface area contributed by atoms with E-state index in [1.807, 2.05) is 6.07 Å². The molecule has 0 heterocycles. The van der Waals surface area contributed by atoms with Gasteiger partial charge < -0.3 is 14.8 Å². The molecule has 0 saturated heterocycles. The van der Waals surface area contributed by atoms with Crippen LogP contribution in [-0.4, -0.2) is 26.8 Å². The molecule has 1 aromatic carbocycles. The second-order valence-electron chi connectivity index (χ2n) is 5.72. The molecular weight excluding hydrogens is 250 g/mol. The van der Waals surface area contributed by atoms with Crippen molar-refractivity contribution in [1.82, 2.24) is 5.32 Å². The lowest BCUT2D eigenvalue weighted by molar-refractivity contribution is 0.353. The highest BCUT2D eigenvalue weighted by Gasteiger charge is 2.33. The van der Waals surface area contributed by atoms with Crippen LogP contribution < -0.4 is 14.8 Å². The molecule has 1 fully saturated rings. The zero-order valence-electron chi connectivity index (χ0n) is 13.1. The van der Waals surface area contributed by atoms with Gasteiger partial charge in [-0.2, -0.15) is 0 Å². The van der Waals surface area contributed by atoms with Crippen LogP contribution in [-0.2, 0) is 0 Å². The smallest absolute Gasteiger partial charge is 0.160 e. The van der Waals surface area contributed by atoms with E-state index in [-0.39, 0.29) is 0 Å². The number of hydrogen-bond donors (Lipinski definition) is 1. The topological polar surface area (TPSA) is 30.5 Å². The highest BCUT2D eigenvalue weighted by atomic mass is 16.5. The number of hydrogen-bond acceptors (Lipinski definition) is 3. The number of ether oxygens (including phenoxy) is 2. The molecule has 3 atom stereocenters. The fraction of sp³-hybridized carbons (Fsp3) is 0.647. The standard InChI is InChI=1S/C17H27NO2/c1-5-10-18-15-8-7-14(12(15)2)13-6-9-16(19-3)17(11-13)20-4/h6,9,11-12,14-15,18H,5,7-8,10H2,1-4H3. The van der Waals surface area contributed by atoms with Crippen LogP contribution in [0.25, 0.3) is 0 Å². The average Bonchev–Trinajstić information content (AvgIpc) is 2.85. The first-order valence-corrected chi connectivity index (χ1v) is 7.66. The first-order chi connectivity index (χ1) is 9.71. The summed E-state index contributed by atoms with van der Waals surface area (Å²) < 4.78 is 10.7. The SMILES string of the molecule is CCCNC1CCC(c2ccc(OC)c(OC)c2)C1C. The molecule has 1 saturated carbocycles. The van der Waals surface area contributed by atoms with E-state index in [4.69, 9.17) is 9.47 Å². The van der Waals surface area contributed by atoms with Crippen molar-refractivity contribution in [3.05, 3.63) is 23.8 Å². The van der Waals surface area contributed by atoms with Gasteiger partial charge in [0.25, 0.3) is 0 Å². The Bertz CT molecular complexity index is 433. The molecule has 1 aromatic rings. The maximum Gasteiger partial charge on any atom is 0.160 e. The van der Waals surface area contributed by atoms with Crippen molar-refractivity contribution in [2.75, 3.05) is 20.8 Å². The van der Waals surface area contributed by atoms with Gasteiger partial charge in [-0.25, -0.2) is 0 Å². The van der Waals surface area contributed by atoms with Crippen molar-refractivity contribution in [3.8, 4) is 11.5 Å². The number of rotatable bonds is 6. The van der Waals surface area contributed by atoms with E-state index >= 15 is 0 Å². The van der Waals surface area contributed by atoms with Crippen molar-refractivity contribution in [2.45, 2.75) is 45.1 Å². The molecule has 0 aromatic heterocycles. The zero-order chi connectivity index (χ0) is 14.5. The second-order valence-corrected chi connectivity index (χ2v) is 5.72. The third-order valence-corrected chi connectivity index (χ3v) is 4.55. The van der Waals surface area contributed by atoms with E-state index in [1.165, 1.54) is 24.8 Å². The molecule has 1 aliphatic rings. The predicted molar refractivity (Wildman–Crippen MR) is 82.8 cm³/mol. The fourth-order valence-corrected chi connectivity index (χ4v) is 3.34. The zero-order valence-corrected chi connectivity index (χ0v) is 13.1. The van der Waals surface area contributed by atoms with E-state index in [0.29, 0.717) is 17.9 Å². The quantitative estimate of drug-likeness (QED) is 0.862. The minimum atomic E-state index is 0.615. The number of nitrogens with one attached hydrogen (secondary N) is 1. The van der Waals surface area contributed by atoms with Crippen LogP contribution in [0.5, 0.6) is 11.5 Å². The third-order valence-electron chi connectivity index (χ3n) is 4.55. The summed E-state index contributed by atoms with van der Waals surface area (Å²) in [5.74, 6) is 2.92. The second kappa shape index (κ2) is 6.98. The van der Waals surface area contributed by atoms with Crippen LogP contribution in [0.15, 0.2) is 18.2 Å². The average molecular weight is 277 g/mol. The van der Waals surface area contributed by atoms with E-state index in [1.54, 1.807) is 14.2 Å². The summed E-state index contributed by atoms with van der Waals surface area (Å²) in [6.07, 6.45) is 3.71. The predicted octanol–water partition coefficient (Wildman–Crippen LogP) is 3.59. The fourth-order valence-electron chi connectivity index (χ4n) is 3.34. The molecule has 3 unspecified atom stereocenters. The van der Waals surface area contributed by atoms with Crippen LogP contribution in [0.3, 0.4) is 0 Å². The Hall–Kier alpha value is -1.22. The Morgan fingerprint density at radius 3 is 2.55 bits per heavy atom. The molecule has 1 N–H and O–H groups in total. The van der Waals surface area contributed by atoms with Crippen LogP contribution in [0.4, 0.5) is 0 Å². The van der Waals surface area contributed by atoms with Crippen molar-refractivity contribution in [1.29, 1.82) is 0 Å². The van der Waals surface area contributed by atoms with Crippen molar-refractivity contribution in [3.63, 3.8) is 0 Å². The van der Waals surface area contributed by atoms with Crippen molar-refractivity contribution in [2.24, 2.45) is 5.92 Å². The lowest BCUT2D eigenvalue weighted by Gasteiger charge is -2.22. The van der Waals surface area contributed by atoms with Gasteiger partial charge in [0.2, 0.25) is 0 Å². The van der Waals surface area contributed by atoms with Gasteiger partial charge in [0.1, 0.15) is 0 Å². The van der Waals surface area contributed by atoms with Crippen LogP contribution >= 0.6 is 0 Å². The minimum Gasteiger partial charge on any atom is -0.493 e. The monoisotopic (exact) mass is 277 g/mol. The van der Waals surface area contributed by atoms with Gasteiger partial charge in [-0.15, -0.1) is 0 Å². The van der Waals surface area contributed by atoms with E-state index in [0.717, 1.165) is 18.0 Å². The maximum atomic E-state index is 5.42. The van der Waals surface area contributed by atoms with E-state index in [9.17, 15) is 0 Å². The molecule has 20 heavy (non-hydrogen) atoms. The molecule has 0 aliphatic heterocycles. The van der Waals surface area contributed by atoms with Crippen molar-refractivity contribution >= 4 is 0 Å². The first kappa shape index (κ1) is 15.2. The molecule has 0 bridgehead atoms. The third kappa shape index (κ3) is 3.09. The van der Waals surface area contributed by atoms with Crippen molar-refractivity contribution < 1.29 is 9.47 Å². The Morgan fingerprint density at radius 2 is 1.90 bits per heavy atom. The number of methoxy groups -OCH3 is 2. The largest absolute Gasteiger partial charge is 0.493 e. The van der Waals surface area contributed by atoms with E-state index in [2.05, 4.69) is 31.3 Å². The van der Waals surface area contributed by atoms with Gasteiger partial charge >= 0.3 is 0 Å². The normalized spacial score (nSPS) is 25.7. The Labute approximate surface area is 122 Å². The summed E-state index contributed by atoms with van der Waals surface area (Å²) in [5, 5.41) is 3.68. The Kier molecular flexibility index (Phi) is 5.30. The molecule has 2 rings (SSSR count).